The fourth-order valence-corrected chi connectivity index (χ4v) is 1.92. The highest BCUT2D eigenvalue weighted by atomic mass is 35.5. The highest BCUT2D eigenvalue weighted by Gasteiger charge is 2.22. The average molecular weight is 389 g/mol. The molecule has 136 valence electrons. The van der Waals surface area contributed by atoms with Crippen molar-refractivity contribution in [1.82, 2.24) is 0 Å². The van der Waals surface area contributed by atoms with Crippen molar-refractivity contribution >= 4 is 34.1 Å². The maximum Gasteiger partial charge on any atom is 0.401 e. The van der Waals surface area contributed by atoms with E-state index in [1.54, 1.807) is 24.3 Å². The number of phenolic OH excluding ortho intramolecular Hbond substituents is 2. The summed E-state index contributed by atoms with van der Waals surface area (Å²) in [5, 5.41) is 33.0. The molecular formula is C17H18Cl2O6. The van der Waals surface area contributed by atoms with Crippen LogP contribution in [-0.4, -0.2) is 31.3 Å². The number of carbonyl (C=O) groups is 2. The molecular weight excluding hydrogens is 371 g/mol. The molecule has 0 bridgehead atoms. The minimum absolute atomic E-state index is 0.151. The number of hydrogen-bond acceptors (Lipinski definition) is 4. The zero-order valence-electron chi connectivity index (χ0n) is 13.5. The highest BCUT2D eigenvalue weighted by molar-refractivity contribution is 6.60. The van der Waals surface area contributed by atoms with Crippen LogP contribution < -0.4 is 0 Å². The first kappa shape index (κ1) is 22.6. The van der Waals surface area contributed by atoms with Gasteiger partial charge >= 0.3 is 10.9 Å². The molecule has 0 aromatic heterocycles. The summed E-state index contributed by atoms with van der Waals surface area (Å²) in [7, 11) is 0. The molecule has 0 spiro atoms. The van der Waals surface area contributed by atoms with Crippen molar-refractivity contribution in [2.24, 2.45) is 0 Å². The molecule has 0 fully saturated rings. The second kappa shape index (κ2) is 10.4. The van der Waals surface area contributed by atoms with Crippen LogP contribution in [0.5, 0.6) is 11.5 Å². The maximum absolute atomic E-state index is 9.30. The Labute approximate surface area is 154 Å². The van der Waals surface area contributed by atoms with E-state index in [4.69, 9.17) is 19.8 Å². The molecule has 0 atom stereocenters. The second-order valence-electron chi connectivity index (χ2n) is 5.22. The average Bonchev–Trinajstić information content (AvgIpc) is 2.47. The number of phenols is 2. The van der Waals surface area contributed by atoms with Gasteiger partial charge in [-0.3, -0.25) is 0 Å². The lowest BCUT2D eigenvalue weighted by Crippen LogP contribution is -2.18. The standard InChI is InChI=1S/C15H16O2.2CHClO2/c1-15(2,11-3-7-13(16)8-4-11)12-5-9-14(17)10-6-12;2*2-1(3)4/h3-10,16-17H,1-2H3;2*(H,3,4). The normalized spacial score (nSPS) is 9.76. The van der Waals surface area contributed by atoms with E-state index in [0.29, 0.717) is 0 Å². The molecule has 0 saturated carbocycles. The van der Waals surface area contributed by atoms with Gasteiger partial charge in [0.25, 0.3) is 0 Å². The highest BCUT2D eigenvalue weighted by Crippen LogP contribution is 2.32. The molecule has 4 N–H and O–H groups in total. The largest absolute Gasteiger partial charge is 0.508 e. The summed E-state index contributed by atoms with van der Waals surface area (Å²) >= 11 is 8.38. The molecule has 0 unspecified atom stereocenters. The Hall–Kier alpha value is -2.44. The van der Waals surface area contributed by atoms with Crippen LogP contribution >= 0.6 is 23.2 Å². The Morgan fingerprint density at radius 3 is 1.12 bits per heavy atom. The van der Waals surface area contributed by atoms with Gasteiger partial charge in [0.1, 0.15) is 11.5 Å². The molecule has 0 aliphatic carbocycles. The lowest BCUT2D eigenvalue weighted by molar-refractivity contribution is 0.219. The molecule has 2 aromatic carbocycles. The Bertz CT molecular complexity index is 614. The van der Waals surface area contributed by atoms with Crippen LogP contribution in [0.2, 0.25) is 0 Å². The van der Waals surface area contributed by atoms with Gasteiger partial charge in [0.2, 0.25) is 0 Å². The SMILES string of the molecule is CC(C)(c1ccc(O)cc1)c1ccc(O)cc1.O=C(O)Cl.O=C(O)Cl. The van der Waals surface area contributed by atoms with E-state index in [1.807, 2.05) is 24.3 Å². The first-order valence-electron chi connectivity index (χ1n) is 6.82. The molecule has 0 radical (unpaired) electrons. The van der Waals surface area contributed by atoms with Gasteiger partial charge in [-0.25, -0.2) is 9.59 Å². The third kappa shape index (κ3) is 9.44. The van der Waals surface area contributed by atoms with E-state index in [1.165, 1.54) is 0 Å². The van der Waals surface area contributed by atoms with Gasteiger partial charge in [0.15, 0.2) is 0 Å². The van der Waals surface area contributed by atoms with Crippen LogP contribution in [0.25, 0.3) is 0 Å². The van der Waals surface area contributed by atoms with Crippen LogP contribution in [0, 0.1) is 0 Å². The van der Waals surface area contributed by atoms with E-state index in [0.717, 1.165) is 11.1 Å². The molecule has 0 saturated heterocycles. The van der Waals surface area contributed by atoms with Gasteiger partial charge in [-0.1, -0.05) is 38.1 Å². The van der Waals surface area contributed by atoms with Gasteiger partial charge in [0.05, 0.1) is 0 Å². The van der Waals surface area contributed by atoms with E-state index in [9.17, 15) is 10.2 Å². The second-order valence-corrected chi connectivity index (χ2v) is 5.87. The smallest absolute Gasteiger partial charge is 0.401 e. The van der Waals surface area contributed by atoms with Gasteiger partial charge in [-0.2, -0.15) is 0 Å². The Morgan fingerprint density at radius 1 is 0.720 bits per heavy atom. The molecule has 0 heterocycles. The number of halogens is 2. The third-order valence-corrected chi connectivity index (χ3v) is 3.18. The molecule has 0 aliphatic rings. The quantitative estimate of drug-likeness (QED) is 0.523. The van der Waals surface area contributed by atoms with Crippen molar-refractivity contribution in [1.29, 1.82) is 0 Å². The zero-order chi connectivity index (χ0) is 19.6. The van der Waals surface area contributed by atoms with Gasteiger partial charge in [-0.15, -0.1) is 0 Å². The summed E-state index contributed by atoms with van der Waals surface area (Å²) in [6.45, 7) is 4.23. The number of aromatic hydroxyl groups is 2. The third-order valence-electron chi connectivity index (χ3n) is 3.18. The minimum Gasteiger partial charge on any atom is -0.508 e. The number of carboxylic acid groups (broad SMARTS) is 2. The first-order valence-corrected chi connectivity index (χ1v) is 7.58. The van der Waals surface area contributed by atoms with Crippen molar-refractivity contribution in [2.45, 2.75) is 19.3 Å². The van der Waals surface area contributed by atoms with E-state index < -0.39 is 10.9 Å². The van der Waals surface area contributed by atoms with E-state index in [2.05, 4.69) is 37.0 Å². The van der Waals surface area contributed by atoms with Crippen molar-refractivity contribution < 1.29 is 30.0 Å². The lowest BCUT2D eigenvalue weighted by atomic mass is 9.78. The van der Waals surface area contributed by atoms with Crippen LogP contribution in [0.4, 0.5) is 9.59 Å². The van der Waals surface area contributed by atoms with Crippen LogP contribution in [-0.2, 0) is 5.41 Å². The summed E-state index contributed by atoms with van der Waals surface area (Å²) in [6, 6.07) is 14.4. The summed E-state index contributed by atoms with van der Waals surface area (Å²) in [6.07, 6.45) is 0. The Morgan fingerprint density at radius 2 is 0.920 bits per heavy atom. The van der Waals surface area contributed by atoms with Crippen molar-refractivity contribution in [2.75, 3.05) is 0 Å². The number of hydrogen-bond donors (Lipinski definition) is 4. The van der Waals surface area contributed by atoms with E-state index in [-0.39, 0.29) is 16.9 Å². The maximum atomic E-state index is 9.30. The predicted octanol–water partition coefficient (Wildman–Crippen LogP) is 5.23. The topological polar surface area (TPSA) is 115 Å². The van der Waals surface area contributed by atoms with Crippen molar-refractivity contribution in [3.05, 3.63) is 59.7 Å². The first-order chi connectivity index (χ1) is 11.5. The van der Waals surface area contributed by atoms with Crippen molar-refractivity contribution in [3.8, 4) is 11.5 Å². The lowest BCUT2D eigenvalue weighted by Gasteiger charge is -2.26. The molecule has 0 aliphatic heterocycles. The summed E-state index contributed by atoms with van der Waals surface area (Å²) in [5.41, 5.74) is -0.622. The van der Waals surface area contributed by atoms with Crippen LogP contribution in [0.3, 0.4) is 0 Å². The Balaban J connectivity index is 0.000000609. The van der Waals surface area contributed by atoms with Gasteiger partial charge in [0, 0.05) is 28.6 Å². The molecule has 6 nitrogen and oxygen atoms in total. The summed E-state index contributed by atoms with van der Waals surface area (Å²) in [4.78, 5) is 17.5. The van der Waals surface area contributed by atoms with Gasteiger partial charge < -0.3 is 20.4 Å². The molecule has 2 aromatic rings. The zero-order valence-corrected chi connectivity index (χ0v) is 15.0. The van der Waals surface area contributed by atoms with Crippen LogP contribution in [0.1, 0.15) is 25.0 Å². The molecule has 8 heteroatoms. The summed E-state index contributed by atoms with van der Waals surface area (Å²) < 4.78 is 0. The summed E-state index contributed by atoms with van der Waals surface area (Å²) in [5.74, 6) is 0.547. The minimum atomic E-state index is -1.36. The van der Waals surface area contributed by atoms with E-state index >= 15 is 0 Å². The monoisotopic (exact) mass is 388 g/mol. The van der Waals surface area contributed by atoms with Gasteiger partial charge in [-0.05, 0) is 35.4 Å². The predicted molar refractivity (Wildman–Crippen MR) is 96.1 cm³/mol. The number of benzene rings is 2. The number of rotatable bonds is 2. The Kier molecular flexibility index (Phi) is 9.41. The molecule has 0 amide bonds. The fourth-order valence-electron chi connectivity index (χ4n) is 1.92. The fraction of sp³-hybridized carbons (Fsp3) is 0.176. The molecule has 2 rings (SSSR count). The van der Waals surface area contributed by atoms with Crippen molar-refractivity contribution in [3.63, 3.8) is 0 Å². The molecule has 25 heavy (non-hydrogen) atoms. The van der Waals surface area contributed by atoms with Crippen LogP contribution in [0.15, 0.2) is 48.5 Å².